The van der Waals surface area contributed by atoms with Crippen LogP contribution < -0.4 is 11.5 Å². The molecule has 5 heteroatoms. The summed E-state index contributed by atoms with van der Waals surface area (Å²) in [5.74, 6) is 0. The van der Waals surface area contributed by atoms with Crippen molar-refractivity contribution in [2.45, 2.75) is 24.3 Å². The van der Waals surface area contributed by atoms with Gasteiger partial charge in [0.25, 0.3) is 0 Å². The molecule has 1 aromatic rings. The first-order valence-electron chi connectivity index (χ1n) is 4.69. The van der Waals surface area contributed by atoms with E-state index >= 15 is 0 Å². The summed E-state index contributed by atoms with van der Waals surface area (Å²) in [6.07, 6.45) is -2.03. The molecule has 0 radical (unpaired) electrons. The van der Waals surface area contributed by atoms with Gasteiger partial charge in [-0.2, -0.15) is 0 Å². The molecule has 0 fully saturated rings. The van der Waals surface area contributed by atoms with Crippen molar-refractivity contribution in [3.8, 4) is 0 Å². The Kier molecular flexibility index (Phi) is 2.83. The van der Waals surface area contributed by atoms with Crippen LogP contribution in [0.3, 0.4) is 0 Å². The minimum absolute atomic E-state index is 0.590. The lowest BCUT2D eigenvalue weighted by atomic mass is 9.81. The maximum absolute atomic E-state index is 9.71. The van der Waals surface area contributed by atoms with Crippen LogP contribution in [0, 0.1) is 0 Å². The van der Waals surface area contributed by atoms with Crippen molar-refractivity contribution in [3.63, 3.8) is 0 Å². The minimum atomic E-state index is -1.02. The lowest BCUT2D eigenvalue weighted by Crippen LogP contribution is -2.47. The number of hydrogen-bond donors (Lipinski definition) is 4. The van der Waals surface area contributed by atoms with Gasteiger partial charge in [-0.05, 0) is 17.2 Å². The lowest BCUT2D eigenvalue weighted by Gasteiger charge is -2.36. The van der Waals surface area contributed by atoms with Crippen molar-refractivity contribution in [1.29, 1.82) is 0 Å². The highest BCUT2D eigenvalue weighted by atomic mass is 79.9. The second-order valence-electron chi connectivity index (χ2n) is 3.78. The number of aliphatic hydroxyl groups excluding tert-OH is 2. The molecule has 0 saturated heterocycles. The van der Waals surface area contributed by atoms with E-state index in [2.05, 4.69) is 15.9 Å². The standard InChI is InChI=1S/C10H13BrN2O2/c11-5-3-1-2-4-6(5)8(13)10(15)9(14)7(4)12/h1-3,7-10,14-15H,12-13H2/t7-,8+,9+,10-/m1/s1. The summed E-state index contributed by atoms with van der Waals surface area (Å²) in [4.78, 5) is 0. The molecule has 0 bridgehead atoms. The van der Waals surface area contributed by atoms with Crippen LogP contribution >= 0.6 is 15.9 Å². The summed E-state index contributed by atoms with van der Waals surface area (Å²) in [5, 5.41) is 19.4. The van der Waals surface area contributed by atoms with E-state index in [0.29, 0.717) is 0 Å². The Morgan fingerprint density at radius 3 is 2.33 bits per heavy atom. The molecule has 15 heavy (non-hydrogen) atoms. The van der Waals surface area contributed by atoms with Gasteiger partial charge in [-0.1, -0.05) is 28.1 Å². The first kappa shape index (κ1) is 11.0. The monoisotopic (exact) mass is 272 g/mol. The number of nitrogens with two attached hydrogens (primary N) is 2. The smallest absolute Gasteiger partial charge is 0.101 e. The highest BCUT2D eigenvalue weighted by Gasteiger charge is 2.38. The first-order chi connectivity index (χ1) is 7.04. The quantitative estimate of drug-likeness (QED) is 0.542. The Hall–Kier alpha value is -0.460. The Morgan fingerprint density at radius 1 is 1.07 bits per heavy atom. The van der Waals surface area contributed by atoms with Crippen molar-refractivity contribution < 1.29 is 10.2 Å². The average molecular weight is 273 g/mol. The third-order valence-electron chi connectivity index (χ3n) is 2.86. The summed E-state index contributed by atoms with van der Waals surface area (Å²) in [5.41, 5.74) is 13.2. The second-order valence-corrected chi connectivity index (χ2v) is 4.63. The third-order valence-corrected chi connectivity index (χ3v) is 3.56. The number of rotatable bonds is 0. The SMILES string of the molecule is N[C@@H]1c2cccc(Br)c2[C@H](N)[C@@H](O)[C@H]1O. The molecule has 2 rings (SSSR count). The Bertz CT molecular complexity index is 386. The third kappa shape index (κ3) is 1.60. The predicted octanol–water partition coefficient (Wildman–Crippen LogP) is 0.184. The van der Waals surface area contributed by atoms with Crippen LogP contribution in [0.15, 0.2) is 22.7 Å². The van der Waals surface area contributed by atoms with Crippen LogP contribution in [-0.2, 0) is 0 Å². The summed E-state index contributed by atoms with van der Waals surface area (Å²) in [7, 11) is 0. The summed E-state index contributed by atoms with van der Waals surface area (Å²) < 4.78 is 0.814. The van der Waals surface area contributed by atoms with Gasteiger partial charge < -0.3 is 21.7 Å². The van der Waals surface area contributed by atoms with Crippen molar-refractivity contribution in [2.24, 2.45) is 11.5 Å². The highest BCUT2D eigenvalue weighted by Crippen LogP contribution is 2.38. The van der Waals surface area contributed by atoms with E-state index in [4.69, 9.17) is 11.5 Å². The van der Waals surface area contributed by atoms with Gasteiger partial charge in [0, 0.05) is 4.47 Å². The molecule has 1 aromatic carbocycles. The molecule has 4 nitrogen and oxygen atoms in total. The Balaban J connectivity index is 2.59. The van der Waals surface area contributed by atoms with Gasteiger partial charge >= 0.3 is 0 Å². The molecule has 4 atom stereocenters. The number of aliphatic hydroxyl groups is 2. The molecule has 0 amide bonds. The lowest BCUT2D eigenvalue weighted by molar-refractivity contribution is -0.0198. The fourth-order valence-corrected chi connectivity index (χ4v) is 2.62. The van der Waals surface area contributed by atoms with Crippen molar-refractivity contribution >= 4 is 15.9 Å². The summed E-state index contributed by atoms with van der Waals surface area (Å²) in [6.45, 7) is 0. The molecule has 0 saturated carbocycles. The minimum Gasteiger partial charge on any atom is -0.388 e. The maximum Gasteiger partial charge on any atom is 0.101 e. The molecule has 6 N–H and O–H groups in total. The van der Waals surface area contributed by atoms with E-state index in [1.165, 1.54) is 0 Å². The molecular formula is C10H13BrN2O2. The molecule has 1 aliphatic carbocycles. The van der Waals surface area contributed by atoms with Gasteiger partial charge in [0.2, 0.25) is 0 Å². The molecule has 82 valence electrons. The van der Waals surface area contributed by atoms with Crippen molar-refractivity contribution in [3.05, 3.63) is 33.8 Å². The van der Waals surface area contributed by atoms with Crippen molar-refractivity contribution in [2.75, 3.05) is 0 Å². The summed E-state index contributed by atoms with van der Waals surface area (Å²) in [6, 6.07) is 4.30. The van der Waals surface area contributed by atoms with E-state index in [9.17, 15) is 10.2 Å². The van der Waals surface area contributed by atoms with E-state index in [-0.39, 0.29) is 0 Å². The maximum atomic E-state index is 9.71. The molecular weight excluding hydrogens is 260 g/mol. The molecule has 0 heterocycles. The van der Waals surface area contributed by atoms with Crippen LogP contribution in [0.4, 0.5) is 0 Å². The van der Waals surface area contributed by atoms with Crippen LogP contribution in [0.5, 0.6) is 0 Å². The van der Waals surface area contributed by atoms with Gasteiger partial charge in [-0.3, -0.25) is 0 Å². The van der Waals surface area contributed by atoms with Gasteiger partial charge in [0.1, 0.15) is 12.2 Å². The Labute approximate surface area is 96.0 Å². The largest absolute Gasteiger partial charge is 0.388 e. The van der Waals surface area contributed by atoms with Gasteiger partial charge in [-0.15, -0.1) is 0 Å². The normalized spacial score (nSPS) is 35.0. The molecule has 0 unspecified atom stereocenters. The number of hydrogen-bond acceptors (Lipinski definition) is 4. The van der Waals surface area contributed by atoms with E-state index < -0.39 is 24.3 Å². The zero-order chi connectivity index (χ0) is 11.2. The highest BCUT2D eigenvalue weighted by molar-refractivity contribution is 9.10. The van der Waals surface area contributed by atoms with Crippen LogP contribution in [0.2, 0.25) is 0 Å². The van der Waals surface area contributed by atoms with Crippen LogP contribution in [0.25, 0.3) is 0 Å². The fourth-order valence-electron chi connectivity index (χ4n) is 1.98. The van der Waals surface area contributed by atoms with E-state index in [0.717, 1.165) is 15.6 Å². The van der Waals surface area contributed by atoms with Crippen LogP contribution in [0.1, 0.15) is 23.2 Å². The topological polar surface area (TPSA) is 92.5 Å². The number of halogens is 1. The summed E-state index contributed by atoms with van der Waals surface area (Å²) >= 11 is 3.37. The molecule has 0 aliphatic heterocycles. The number of fused-ring (bicyclic) bond motifs is 1. The predicted molar refractivity (Wildman–Crippen MR) is 60.0 cm³/mol. The zero-order valence-electron chi connectivity index (χ0n) is 7.97. The average Bonchev–Trinajstić information content (AvgIpc) is 2.23. The van der Waals surface area contributed by atoms with Gasteiger partial charge in [-0.25, -0.2) is 0 Å². The van der Waals surface area contributed by atoms with Gasteiger partial charge in [0.05, 0.1) is 12.1 Å². The Morgan fingerprint density at radius 2 is 1.67 bits per heavy atom. The van der Waals surface area contributed by atoms with Crippen LogP contribution in [-0.4, -0.2) is 22.4 Å². The zero-order valence-corrected chi connectivity index (χ0v) is 9.55. The fraction of sp³-hybridized carbons (Fsp3) is 0.400. The number of benzene rings is 1. The molecule has 1 aliphatic rings. The van der Waals surface area contributed by atoms with E-state index in [1.807, 2.05) is 18.2 Å². The molecule has 0 spiro atoms. The molecule has 0 aromatic heterocycles. The van der Waals surface area contributed by atoms with E-state index in [1.54, 1.807) is 0 Å². The second kappa shape index (κ2) is 3.84. The van der Waals surface area contributed by atoms with Crippen molar-refractivity contribution in [1.82, 2.24) is 0 Å². The van der Waals surface area contributed by atoms with Gasteiger partial charge in [0.15, 0.2) is 0 Å². The first-order valence-corrected chi connectivity index (χ1v) is 5.49.